The fourth-order valence-corrected chi connectivity index (χ4v) is 3.43. The Labute approximate surface area is 197 Å². The molecule has 0 aliphatic carbocycles. The lowest BCUT2D eigenvalue weighted by molar-refractivity contribution is -0.389. The van der Waals surface area contributed by atoms with Gasteiger partial charge in [-0.05, 0) is 60.4 Å². The molecule has 0 radical (unpaired) electrons. The molecule has 3 aromatic rings. The molecular formula is C22H20F3N5O5. The molecule has 0 spiro atoms. The molecule has 0 saturated carbocycles. The molecule has 0 unspecified atom stereocenters. The SMILES string of the molecule is CN(C(=O)Nc1ccc(C(F)(F)F)cc1)c1ccc(OC[C@@]2(C)Cn3cc([N+](=O)[O-])nc3O2)cc1. The van der Waals surface area contributed by atoms with Gasteiger partial charge >= 0.3 is 24.0 Å². The molecule has 13 heteroatoms. The summed E-state index contributed by atoms with van der Waals surface area (Å²) in [5, 5.41) is 13.4. The number of aromatic nitrogens is 2. The van der Waals surface area contributed by atoms with Gasteiger partial charge in [0.2, 0.25) is 0 Å². The van der Waals surface area contributed by atoms with Crippen LogP contribution in [0, 0.1) is 10.1 Å². The number of carbonyl (C=O) groups excluding carboxylic acids is 1. The number of fused-ring (bicyclic) bond motifs is 1. The van der Waals surface area contributed by atoms with Crippen LogP contribution in [0.25, 0.3) is 0 Å². The number of hydrogen-bond acceptors (Lipinski definition) is 6. The van der Waals surface area contributed by atoms with Gasteiger partial charge < -0.3 is 24.9 Å². The number of imidazole rings is 1. The van der Waals surface area contributed by atoms with Gasteiger partial charge in [0.25, 0.3) is 0 Å². The number of carbonyl (C=O) groups is 1. The largest absolute Gasteiger partial charge is 0.489 e. The molecule has 0 bridgehead atoms. The Hall–Kier alpha value is -4.29. The number of nitro groups is 1. The zero-order valence-corrected chi connectivity index (χ0v) is 18.6. The van der Waals surface area contributed by atoms with Crippen LogP contribution < -0.4 is 19.7 Å². The molecule has 4 rings (SSSR count). The molecule has 2 amide bonds. The van der Waals surface area contributed by atoms with Crippen LogP contribution in [0.3, 0.4) is 0 Å². The highest BCUT2D eigenvalue weighted by molar-refractivity contribution is 6.01. The Morgan fingerprint density at radius 1 is 1.26 bits per heavy atom. The number of ether oxygens (including phenoxy) is 2. The van der Waals surface area contributed by atoms with Gasteiger partial charge in [-0.3, -0.25) is 9.47 Å². The average molecular weight is 491 g/mol. The predicted octanol–water partition coefficient (Wildman–Crippen LogP) is 4.71. The number of halogens is 3. The van der Waals surface area contributed by atoms with Crippen LogP contribution in [-0.4, -0.2) is 39.8 Å². The number of hydrogen-bond donors (Lipinski definition) is 1. The van der Waals surface area contributed by atoms with E-state index in [9.17, 15) is 28.1 Å². The summed E-state index contributed by atoms with van der Waals surface area (Å²) >= 11 is 0. The molecule has 35 heavy (non-hydrogen) atoms. The number of amides is 2. The zero-order chi connectivity index (χ0) is 25.4. The van der Waals surface area contributed by atoms with E-state index >= 15 is 0 Å². The van der Waals surface area contributed by atoms with E-state index in [4.69, 9.17) is 9.47 Å². The van der Waals surface area contributed by atoms with E-state index in [1.54, 1.807) is 35.8 Å². The molecule has 184 valence electrons. The molecule has 1 aliphatic heterocycles. The second-order valence-corrected chi connectivity index (χ2v) is 8.17. The Balaban J connectivity index is 1.31. The van der Waals surface area contributed by atoms with Crippen LogP contribution in [0.1, 0.15) is 12.5 Å². The van der Waals surface area contributed by atoms with Crippen LogP contribution in [0.5, 0.6) is 11.8 Å². The minimum Gasteiger partial charge on any atom is -0.489 e. The Morgan fingerprint density at radius 3 is 2.49 bits per heavy atom. The standard InChI is InChI=1S/C22H20F3N5O5/c1-21(12-29-11-18(30(32)33)27-20(29)35-21)13-34-17-9-7-16(8-10-17)28(2)19(31)26-15-5-3-14(4-6-15)22(23,24)25/h3-11H,12-13H2,1-2H3,(H,26,31)/t21-/m1/s1. The summed E-state index contributed by atoms with van der Waals surface area (Å²) < 4.78 is 51.1. The second-order valence-electron chi connectivity index (χ2n) is 8.17. The van der Waals surface area contributed by atoms with E-state index in [1.807, 2.05) is 0 Å². The third-order valence-corrected chi connectivity index (χ3v) is 5.29. The lowest BCUT2D eigenvalue weighted by Gasteiger charge is -2.22. The summed E-state index contributed by atoms with van der Waals surface area (Å²) in [6.07, 6.45) is -3.14. The highest BCUT2D eigenvalue weighted by Crippen LogP contribution is 2.32. The normalized spacial score (nSPS) is 16.8. The highest BCUT2D eigenvalue weighted by atomic mass is 19.4. The minimum atomic E-state index is -4.45. The van der Waals surface area contributed by atoms with Crippen molar-refractivity contribution in [3.05, 3.63) is 70.4 Å². The van der Waals surface area contributed by atoms with E-state index in [-0.39, 0.29) is 24.1 Å². The first-order chi connectivity index (χ1) is 16.4. The van der Waals surface area contributed by atoms with Crippen LogP contribution in [0.4, 0.5) is 35.2 Å². The summed E-state index contributed by atoms with van der Waals surface area (Å²) in [5.41, 5.74) is -0.820. The summed E-state index contributed by atoms with van der Waals surface area (Å²) in [4.78, 5) is 27.8. The lowest BCUT2D eigenvalue weighted by Crippen LogP contribution is -2.38. The number of nitrogens with zero attached hydrogens (tertiary/aromatic N) is 4. The number of benzene rings is 2. The molecule has 1 aliphatic rings. The molecule has 1 aromatic heterocycles. The molecule has 1 N–H and O–H groups in total. The van der Waals surface area contributed by atoms with Gasteiger partial charge in [-0.15, -0.1) is 0 Å². The second kappa shape index (κ2) is 8.81. The van der Waals surface area contributed by atoms with Gasteiger partial charge in [-0.2, -0.15) is 13.2 Å². The van der Waals surface area contributed by atoms with Crippen molar-refractivity contribution in [3.8, 4) is 11.8 Å². The van der Waals surface area contributed by atoms with Crippen molar-refractivity contribution in [1.29, 1.82) is 0 Å². The first-order valence-electron chi connectivity index (χ1n) is 10.3. The van der Waals surface area contributed by atoms with Crippen LogP contribution >= 0.6 is 0 Å². The number of anilines is 2. The van der Waals surface area contributed by atoms with Crippen molar-refractivity contribution in [2.75, 3.05) is 23.9 Å². The quantitative estimate of drug-likeness (QED) is 0.395. The van der Waals surface area contributed by atoms with Crippen molar-refractivity contribution in [1.82, 2.24) is 9.55 Å². The first kappa shape index (κ1) is 23.9. The zero-order valence-electron chi connectivity index (χ0n) is 18.6. The van der Waals surface area contributed by atoms with Gasteiger partial charge in [-0.25, -0.2) is 4.79 Å². The number of rotatable bonds is 6. The average Bonchev–Trinajstić information content (AvgIpc) is 3.33. The van der Waals surface area contributed by atoms with Gasteiger partial charge in [0.05, 0.1) is 12.1 Å². The lowest BCUT2D eigenvalue weighted by atomic mass is 10.1. The topological polar surface area (TPSA) is 112 Å². The van der Waals surface area contributed by atoms with E-state index < -0.39 is 28.3 Å². The van der Waals surface area contributed by atoms with E-state index in [0.29, 0.717) is 18.0 Å². The summed E-state index contributed by atoms with van der Waals surface area (Å²) in [7, 11) is 1.52. The molecule has 2 heterocycles. The van der Waals surface area contributed by atoms with Gasteiger partial charge in [0.1, 0.15) is 18.6 Å². The number of alkyl halides is 3. The summed E-state index contributed by atoms with van der Waals surface area (Å²) in [6.45, 7) is 2.27. The highest BCUT2D eigenvalue weighted by Gasteiger charge is 2.41. The maximum atomic E-state index is 12.7. The van der Waals surface area contributed by atoms with Gasteiger partial charge in [-0.1, -0.05) is 0 Å². The maximum Gasteiger partial charge on any atom is 0.416 e. The number of urea groups is 1. The first-order valence-corrected chi connectivity index (χ1v) is 10.3. The van der Waals surface area contributed by atoms with Crippen molar-refractivity contribution >= 4 is 23.2 Å². The molecule has 0 fully saturated rings. The fraction of sp³-hybridized carbons (Fsp3) is 0.273. The minimum absolute atomic E-state index is 0.147. The predicted molar refractivity (Wildman–Crippen MR) is 119 cm³/mol. The van der Waals surface area contributed by atoms with Gasteiger partial charge in [0.15, 0.2) is 5.60 Å². The van der Waals surface area contributed by atoms with Crippen molar-refractivity contribution in [2.24, 2.45) is 0 Å². The Kier molecular flexibility index (Phi) is 6.01. The maximum absolute atomic E-state index is 12.7. The number of nitrogens with one attached hydrogen (secondary N) is 1. The van der Waals surface area contributed by atoms with Crippen LogP contribution in [-0.2, 0) is 12.7 Å². The third kappa shape index (κ3) is 5.28. The monoisotopic (exact) mass is 491 g/mol. The fourth-order valence-electron chi connectivity index (χ4n) is 3.43. The summed E-state index contributed by atoms with van der Waals surface area (Å²) in [5.74, 6) is 0.218. The molecule has 10 nitrogen and oxygen atoms in total. The summed E-state index contributed by atoms with van der Waals surface area (Å²) in [6, 6.07) is 10.4. The molecule has 1 atom stereocenters. The molecule has 0 saturated heterocycles. The van der Waals surface area contributed by atoms with E-state index in [0.717, 1.165) is 12.1 Å². The Bertz CT molecular complexity index is 1220. The van der Waals surface area contributed by atoms with Crippen molar-refractivity contribution < 1.29 is 32.4 Å². The smallest absolute Gasteiger partial charge is 0.416 e. The van der Waals surface area contributed by atoms with Crippen LogP contribution in [0.2, 0.25) is 0 Å². The van der Waals surface area contributed by atoms with Crippen molar-refractivity contribution in [2.45, 2.75) is 25.2 Å². The van der Waals surface area contributed by atoms with Gasteiger partial charge in [0, 0.05) is 23.4 Å². The van der Waals surface area contributed by atoms with Crippen molar-refractivity contribution in [3.63, 3.8) is 0 Å². The van der Waals surface area contributed by atoms with E-state index in [2.05, 4.69) is 10.3 Å². The Morgan fingerprint density at radius 2 is 1.91 bits per heavy atom. The third-order valence-electron chi connectivity index (χ3n) is 5.29. The molecule has 2 aromatic carbocycles. The van der Waals surface area contributed by atoms with E-state index in [1.165, 1.54) is 30.3 Å². The van der Waals surface area contributed by atoms with Crippen LogP contribution in [0.15, 0.2) is 54.7 Å². The molecular weight excluding hydrogens is 471 g/mol.